The maximum atomic E-state index is 6.19. The standard InChI is InChI=1S/C13H15ClN2.C2H6/c1-8-6-12-13(7-11(8)14)16(9(2)15-12)10-4-3-5-10;1-2/h6-7,10H,3-5H2,1-2H3;1-2H3. The van der Waals surface area contributed by atoms with Crippen molar-refractivity contribution < 1.29 is 0 Å². The quantitative estimate of drug-likeness (QED) is 0.704. The van der Waals surface area contributed by atoms with Crippen LogP contribution in [0.25, 0.3) is 11.0 Å². The van der Waals surface area contributed by atoms with Crippen LogP contribution in [0.2, 0.25) is 5.02 Å². The van der Waals surface area contributed by atoms with Crippen molar-refractivity contribution >= 4 is 22.6 Å². The average Bonchev–Trinajstić information content (AvgIpc) is 2.58. The average molecular weight is 265 g/mol. The summed E-state index contributed by atoms with van der Waals surface area (Å²) in [7, 11) is 0. The predicted octanol–water partition coefficient (Wildman–Crippen LogP) is 5.06. The summed E-state index contributed by atoms with van der Waals surface area (Å²) in [5.41, 5.74) is 3.37. The monoisotopic (exact) mass is 264 g/mol. The van der Waals surface area contributed by atoms with Crippen LogP contribution in [0.5, 0.6) is 0 Å². The molecule has 1 aliphatic rings. The Hall–Kier alpha value is -1.02. The lowest BCUT2D eigenvalue weighted by Gasteiger charge is -2.28. The Bertz CT molecular complexity index is 553. The van der Waals surface area contributed by atoms with Crippen molar-refractivity contribution in [2.24, 2.45) is 0 Å². The molecule has 0 saturated heterocycles. The van der Waals surface area contributed by atoms with E-state index >= 15 is 0 Å². The third-order valence-electron chi connectivity index (χ3n) is 3.59. The van der Waals surface area contributed by atoms with Gasteiger partial charge in [-0.15, -0.1) is 0 Å². The lowest BCUT2D eigenvalue weighted by molar-refractivity contribution is 0.316. The molecule has 1 aromatic carbocycles. The van der Waals surface area contributed by atoms with E-state index in [0.29, 0.717) is 6.04 Å². The summed E-state index contributed by atoms with van der Waals surface area (Å²) in [5, 5.41) is 0.841. The molecule has 3 heteroatoms. The molecule has 0 radical (unpaired) electrons. The van der Waals surface area contributed by atoms with Crippen LogP contribution in [0, 0.1) is 13.8 Å². The zero-order valence-electron chi connectivity index (χ0n) is 11.6. The van der Waals surface area contributed by atoms with Gasteiger partial charge in [-0.25, -0.2) is 4.98 Å². The van der Waals surface area contributed by atoms with E-state index in [-0.39, 0.29) is 0 Å². The molecule has 0 amide bonds. The van der Waals surface area contributed by atoms with Crippen molar-refractivity contribution in [2.45, 2.75) is 53.0 Å². The Morgan fingerprint density at radius 3 is 2.44 bits per heavy atom. The summed E-state index contributed by atoms with van der Waals surface area (Å²) in [6, 6.07) is 4.79. The Labute approximate surface area is 114 Å². The van der Waals surface area contributed by atoms with Gasteiger partial charge in [0.2, 0.25) is 0 Å². The van der Waals surface area contributed by atoms with Crippen LogP contribution in [0.4, 0.5) is 0 Å². The third kappa shape index (κ3) is 2.14. The van der Waals surface area contributed by atoms with Crippen LogP contribution in [-0.4, -0.2) is 9.55 Å². The van der Waals surface area contributed by atoms with Crippen LogP contribution >= 0.6 is 11.6 Å². The molecule has 98 valence electrons. The second-order valence-corrected chi connectivity index (χ2v) is 5.11. The van der Waals surface area contributed by atoms with E-state index in [4.69, 9.17) is 11.6 Å². The van der Waals surface area contributed by atoms with Crippen molar-refractivity contribution in [1.82, 2.24) is 9.55 Å². The smallest absolute Gasteiger partial charge is 0.106 e. The number of nitrogens with zero attached hydrogens (tertiary/aromatic N) is 2. The number of imidazole rings is 1. The van der Waals surface area contributed by atoms with Crippen molar-refractivity contribution in [3.05, 3.63) is 28.5 Å². The van der Waals surface area contributed by atoms with Gasteiger partial charge in [0.15, 0.2) is 0 Å². The van der Waals surface area contributed by atoms with Crippen molar-refractivity contribution in [2.75, 3.05) is 0 Å². The largest absolute Gasteiger partial charge is 0.325 e. The number of hydrogen-bond donors (Lipinski definition) is 0. The maximum Gasteiger partial charge on any atom is 0.106 e. The molecule has 1 aliphatic carbocycles. The highest BCUT2D eigenvalue weighted by Gasteiger charge is 2.23. The number of halogens is 1. The minimum Gasteiger partial charge on any atom is -0.325 e. The molecule has 1 fully saturated rings. The first-order chi connectivity index (χ1) is 8.66. The van der Waals surface area contributed by atoms with Crippen LogP contribution in [0.1, 0.15) is 50.5 Å². The van der Waals surface area contributed by atoms with Gasteiger partial charge in [-0.05, 0) is 50.8 Å². The molecule has 0 unspecified atom stereocenters. The molecular weight excluding hydrogens is 244 g/mol. The fourth-order valence-corrected chi connectivity index (χ4v) is 2.60. The van der Waals surface area contributed by atoms with Crippen molar-refractivity contribution in [3.63, 3.8) is 0 Å². The molecule has 0 spiro atoms. The minimum atomic E-state index is 0.642. The van der Waals surface area contributed by atoms with E-state index in [1.165, 1.54) is 24.8 Å². The Morgan fingerprint density at radius 1 is 1.22 bits per heavy atom. The number of fused-ring (bicyclic) bond motifs is 1. The first-order valence-electron chi connectivity index (χ1n) is 6.81. The molecule has 0 bridgehead atoms. The zero-order valence-corrected chi connectivity index (χ0v) is 12.4. The number of rotatable bonds is 1. The number of aromatic nitrogens is 2. The van der Waals surface area contributed by atoms with Crippen molar-refractivity contribution in [3.8, 4) is 0 Å². The number of benzene rings is 1. The van der Waals surface area contributed by atoms with Gasteiger partial charge in [0.05, 0.1) is 11.0 Å². The molecule has 3 rings (SSSR count). The highest BCUT2D eigenvalue weighted by molar-refractivity contribution is 6.32. The molecule has 2 aromatic rings. The molecule has 1 aromatic heterocycles. The van der Waals surface area contributed by atoms with Crippen LogP contribution < -0.4 is 0 Å². The predicted molar refractivity (Wildman–Crippen MR) is 78.5 cm³/mol. The molecule has 0 atom stereocenters. The summed E-state index contributed by atoms with van der Waals surface area (Å²) in [6.07, 6.45) is 3.89. The molecule has 1 saturated carbocycles. The van der Waals surface area contributed by atoms with E-state index < -0.39 is 0 Å². The van der Waals surface area contributed by atoms with Gasteiger partial charge in [0.25, 0.3) is 0 Å². The van der Waals surface area contributed by atoms with Gasteiger partial charge in [0, 0.05) is 11.1 Å². The highest BCUT2D eigenvalue weighted by Crippen LogP contribution is 2.36. The minimum absolute atomic E-state index is 0.642. The zero-order chi connectivity index (χ0) is 13.3. The lowest BCUT2D eigenvalue weighted by Crippen LogP contribution is -2.17. The van der Waals surface area contributed by atoms with Gasteiger partial charge in [-0.2, -0.15) is 0 Å². The summed E-state index contributed by atoms with van der Waals surface area (Å²) in [6.45, 7) is 8.11. The Morgan fingerprint density at radius 2 is 1.89 bits per heavy atom. The van der Waals surface area contributed by atoms with Crippen molar-refractivity contribution in [1.29, 1.82) is 0 Å². The highest BCUT2D eigenvalue weighted by atomic mass is 35.5. The fraction of sp³-hybridized carbons (Fsp3) is 0.533. The second-order valence-electron chi connectivity index (χ2n) is 4.70. The normalized spacial score (nSPS) is 15.2. The lowest BCUT2D eigenvalue weighted by atomic mass is 9.92. The third-order valence-corrected chi connectivity index (χ3v) is 3.99. The molecule has 18 heavy (non-hydrogen) atoms. The first kappa shape index (κ1) is 13.4. The molecule has 0 aliphatic heterocycles. The van der Waals surface area contributed by atoms with E-state index in [9.17, 15) is 0 Å². The van der Waals surface area contributed by atoms with E-state index in [2.05, 4.69) is 28.6 Å². The SMILES string of the molecule is CC.Cc1cc2nc(C)n(C3CCC3)c2cc1Cl. The van der Waals surface area contributed by atoms with Crippen LogP contribution in [-0.2, 0) is 0 Å². The van der Waals surface area contributed by atoms with E-state index in [1.807, 2.05) is 20.8 Å². The van der Waals surface area contributed by atoms with Crippen LogP contribution in [0.3, 0.4) is 0 Å². The number of aryl methyl sites for hydroxylation is 2. The van der Waals surface area contributed by atoms with Gasteiger partial charge < -0.3 is 4.57 Å². The molecule has 1 heterocycles. The van der Waals surface area contributed by atoms with Gasteiger partial charge >= 0.3 is 0 Å². The van der Waals surface area contributed by atoms with Gasteiger partial charge in [0.1, 0.15) is 5.82 Å². The van der Waals surface area contributed by atoms with E-state index in [0.717, 1.165) is 21.9 Å². The fourth-order valence-electron chi connectivity index (χ4n) is 2.45. The van der Waals surface area contributed by atoms with Gasteiger partial charge in [-0.3, -0.25) is 0 Å². The Balaban J connectivity index is 0.000000574. The first-order valence-corrected chi connectivity index (χ1v) is 7.19. The van der Waals surface area contributed by atoms with Crippen LogP contribution in [0.15, 0.2) is 12.1 Å². The summed E-state index contributed by atoms with van der Waals surface area (Å²) in [4.78, 5) is 4.62. The second kappa shape index (κ2) is 5.31. The maximum absolute atomic E-state index is 6.19. The molecular formula is C15H21ClN2. The summed E-state index contributed by atoms with van der Waals surface area (Å²) < 4.78 is 2.35. The van der Waals surface area contributed by atoms with E-state index in [1.54, 1.807) is 0 Å². The summed E-state index contributed by atoms with van der Waals surface area (Å²) >= 11 is 6.19. The summed E-state index contributed by atoms with van der Waals surface area (Å²) in [5.74, 6) is 1.11. The van der Waals surface area contributed by atoms with Gasteiger partial charge in [-0.1, -0.05) is 25.4 Å². The number of hydrogen-bond acceptors (Lipinski definition) is 1. The molecule has 0 N–H and O–H groups in total. The topological polar surface area (TPSA) is 17.8 Å². The Kier molecular flexibility index (Phi) is 3.96. The molecule has 2 nitrogen and oxygen atoms in total.